The summed E-state index contributed by atoms with van der Waals surface area (Å²) in [7, 11) is 0. The van der Waals surface area contributed by atoms with Gasteiger partial charge in [0.1, 0.15) is 0 Å². The number of likely N-dealkylation sites (tertiary alicyclic amines) is 1. The van der Waals surface area contributed by atoms with Crippen LogP contribution in [0.3, 0.4) is 0 Å². The molecule has 0 saturated carbocycles. The Morgan fingerprint density at radius 3 is 2.54 bits per heavy atom. The van der Waals surface area contributed by atoms with Gasteiger partial charge in [0, 0.05) is 24.3 Å². The zero-order chi connectivity index (χ0) is 8.81. The van der Waals surface area contributed by atoms with Crippen molar-refractivity contribution in [1.82, 2.24) is 4.90 Å². The lowest BCUT2D eigenvalue weighted by Crippen LogP contribution is -2.40. The van der Waals surface area contributed by atoms with Gasteiger partial charge in [0.15, 0.2) is 0 Å². The second-order valence-electron chi connectivity index (χ2n) is 3.35. The maximum Gasteiger partial charge on any atom is 0.0351 e. The molecule has 1 nitrogen and oxygen atoms in total. The maximum absolute atomic E-state index is 5.74. The maximum atomic E-state index is 5.74. The Hall–Kier alpha value is 0.830. The highest BCUT2D eigenvalue weighted by Gasteiger charge is 2.20. The number of rotatable bonds is 4. The minimum atomic E-state index is 0. The quantitative estimate of drug-likeness (QED) is 0.689. The van der Waals surface area contributed by atoms with Crippen molar-refractivity contribution in [2.24, 2.45) is 0 Å². The van der Waals surface area contributed by atoms with Crippen LogP contribution >= 0.6 is 35.6 Å². The number of halogens is 3. The molecule has 1 heterocycles. The Morgan fingerprint density at radius 2 is 1.92 bits per heavy atom. The molecule has 0 amide bonds. The summed E-state index contributed by atoms with van der Waals surface area (Å²) in [4.78, 5) is 2.49. The van der Waals surface area contributed by atoms with Crippen LogP contribution < -0.4 is 0 Å². The lowest BCUT2D eigenvalue weighted by molar-refractivity contribution is 0.154. The zero-order valence-corrected chi connectivity index (χ0v) is 10.2. The van der Waals surface area contributed by atoms with E-state index in [1.807, 2.05) is 0 Å². The van der Waals surface area contributed by atoms with E-state index in [0.29, 0.717) is 6.04 Å². The van der Waals surface area contributed by atoms with E-state index in [1.54, 1.807) is 0 Å². The number of nitrogens with zero attached hydrogens (tertiary/aromatic N) is 1. The molecular weight excluding hydrogens is 228 g/mol. The van der Waals surface area contributed by atoms with Crippen LogP contribution in [0.4, 0.5) is 0 Å². The summed E-state index contributed by atoms with van der Waals surface area (Å²) < 4.78 is 0. The number of hydrogen-bond acceptors (Lipinski definition) is 1. The van der Waals surface area contributed by atoms with Gasteiger partial charge in [-0.2, -0.15) is 0 Å². The van der Waals surface area contributed by atoms with E-state index in [9.17, 15) is 0 Å². The summed E-state index contributed by atoms with van der Waals surface area (Å²) in [5.74, 6) is 1.53. The topological polar surface area (TPSA) is 3.24 Å². The predicted octanol–water partition coefficient (Wildman–Crippen LogP) is 3.13. The van der Waals surface area contributed by atoms with Crippen molar-refractivity contribution < 1.29 is 0 Å². The van der Waals surface area contributed by atoms with Crippen molar-refractivity contribution in [2.75, 3.05) is 24.8 Å². The Kier molecular flexibility index (Phi) is 8.69. The molecule has 1 atom stereocenters. The Morgan fingerprint density at radius 1 is 1.15 bits per heavy atom. The molecule has 0 aromatic heterocycles. The zero-order valence-electron chi connectivity index (χ0n) is 7.85. The molecule has 1 saturated heterocycles. The Balaban J connectivity index is 0.00000144. The van der Waals surface area contributed by atoms with Crippen molar-refractivity contribution in [3.05, 3.63) is 0 Å². The fourth-order valence-electron chi connectivity index (χ4n) is 1.92. The highest BCUT2D eigenvalue weighted by molar-refractivity contribution is 6.18. The second kappa shape index (κ2) is 8.16. The molecule has 1 unspecified atom stereocenters. The lowest BCUT2D eigenvalue weighted by Gasteiger charge is -2.34. The molecule has 0 aromatic rings. The van der Waals surface area contributed by atoms with Crippen LogP contribution in [0.5, 0.6) is 0 Å². The van der Waals surface area contributed by atoms with E-state index in [0.717, 1.165) is 24.7 Å². The van der Waals surface area contributed by atoms with Gasteiger partial charge in [-0.3, -0.25) is 4.90 Å². The molecular formula is C9H18Cl3N. The largest absolute Gasteiger partial charge is 0.299 e. The summed E-state index contributed by atoms with van der Waals surface area (Å²) in [6, 6.07) is 0.704. The van der Waals surface area contributed by atoms with Crippen molar-refractivity contribution in [1.29, 1.82) is 0 Å². The SMILES string of the molecule is Cl.ClCCC1CCCCN1CCCl. The molecule has 0 bridgehead atoms. The molecule has 1 aliphatic rings. The molecule has 4 heteroatoms. The van der Waals surface area contributed by atoms with Crippen LogP contribution in [0.2, 0.25) is 0 Å². The summed E-state index contributed by atoms with van der Waals surface area (Å²) >= 11 is 11.5. The first-order chi connectivity index (χ1) is 5.88. The monoisotopic (exact) mass is 245 g/mol. The molecule has 0 aromatic carbocycles. The number of hydrogen-bond donors (Lipinski definition) is 0. The average Bonchev–Trinajstić information content (AvgIpc) is 2.09. The van der Waals surface area contributed by atoms with Gasteiger partial charge in [0.25, 0.3) is 0 Å². The van der Waals surface area contributed by atoms with Crippen LogP contribution in [0.25, 0.3) is 0 Å². The summed E-state index contributed by atoms with van der Waals surface area (Å²) in [6.07, 6.45) is 5.12. The van der Waals surface area contributed by atoms with Gasteiger partial charge in [-0.05, 0) is 25.8 Å². The summed E-state index contributed by atoms with van der Waals surface area (Å²) in [5, 5.41) is 0. The minimum absolute atomic E-state index is 0. The highest BCUT2D eigenvalue weighted by atomic mass is 35.5. The van der Waals surface area contributed by atoms with Gasteiger partial charge in [0.2, 0.25) is 0 Å². The molecule has 0 radical (unpaired) electrons. The molecule has 13 heavy (non-hydrogen) atoms. The van der Waals surface area contributed by atoms with Gasteiger partial charge in [-0.25, -0.2) is 0 Å². The summed E-state index contributed by atoms with van der Waals surface area (Å²) in [6.45, 7) is 2.25. The lowest BCUT2D eigenvalue weighted by atomic mass is 10.0. The van der Waals surface area contributed by atoms with Crippen LogP contribution in [-0.4, -0.2) is 35.8 Å². The number of alkyl halides is 2. The third kappa shape index (κ3) is 4.73. The Labute approximate surface area is 97.2 Å². The smallest absolute Gasteiger partial charge is 0.0351 e. The molecule has 80 valence electrons. The third-order valence-electron chi connectivity index (χ3n) is 2.56. The van der Waals surface area contributed by atoms with Crippen LogP contribution in [0.1, 0.15) is 25.7 Å². The fourth-order valence-corrected chi connectivity index (χ4v) is 2.38. The fraction of sp³-hybridized carbons (Fsp3) is 1.00. The standard InChI is InChI=1S/C9H17Cl2N.ClH/c10-5-4-9-3-1-2-7-12(9)8-6-11;/h9H,1-8H2;1H. The molecule has 1 rings (SSSR count). The van der Waals surface area contributed by atoms with Crippen molar-refractivity contribution in [2.45, 2.75) is 31.7 Å². The van der Waals surface area contributed by atoms with Crippen LogP contribution in [0.15, 0.2) is 0 Å². The van der Waals surface area contributed by atoms with Crippen LogP contribution in [-0.2, 0) is 0 Å². The first-order valence-corrected chi connectivity index (χ1v) is 5.81. The van der Waals surface area contributed by atoms with E-state index >= 15 is 0 Å². The molecule has 1 fully saturated rings. The highest BCUT2D eigenvalue weighted by Crippen LogP contribution is 2.19. The molecule has 0 spiro atoms. The third-order valence-corrected chi connectivity index (χ3v) is 2.95. The second-order valence-corrected chi connectivity index (χ2v) is 4.11. The molecule has 0 aliphatic carbocycles. The predicted molar refractivity (Wildman–Crippen MR) is 62.5 cm³/mol. The van der Waals surface area contributed by atoms with Crippen molar-refractivity contribution in [3.8, 4) is 0 Å². The molecule has 1 aliphatic heterocycles. The molecule has 0 N–H and O–H groups in total. The van der Waals surface area contributed by atoms with E-state index < -0.39 is 0 Å². The average molecular weight is 247 g/mol. The Bertz CT molecular complexity index is 103. The van der Waals surface area contributed by atoms with E-state index in [-0.39, 0.29) is 12.4 Å². The van der Waals surface area contributed by atoms with Gasteiger partial charge in [-0.15, -0.1) is 35.6 Å². The van der Waals surface area contributed by atoms with E-state index in [4.69, 9.17) is 23.2 Å². The normalized spacial score (nSPS) is 24.0. The van der Waals surface area contributed by atoms with E-state index in [1.165, 1.54) is 25.8 Å². The van der Waals surface area contributed by atoms with Gasteiger partial charge >= 0.3 is 0 Å². The summed E-state index contributed by atoms with van der Waals surface area (Å²) in [5.41, 5.74) is 0. The van der Waals surface area contributed by atoms with Gasteiger partial charge in [-0.1, -0.05) is 6.42 Å². The minimum Gasteiger partial charge on any atom is -0.299 e. The number of piperidine rings is 1. The van der Waals surface area contributed by atoms with Crippen molar-refractivity contribution in [3.63, 3.8) is 0 Å². The van der Waals surface area contributed by atoms with Crippen LogP contribution in [0, 0.1) is 0 Å². The van der Waals surface area contributed by atoms with E-state index in [2.05, 4.69) is 4.90 Å². The first kappa shape index (κ1) is 13.8. The van der Waals surface area contributed by atoms with Crippen molar-refractivity contribution >= 4 is 35.6 Å². The first-order valence-electron chi connectivity index (χ1n) is 4.74. The van der Waals surface area contributed by atoms with Gasteiger partial charge in [0.05, 0.1) is 0 Å². The van der Waals surface area contributed by atoms with Gasteiger partial charge < -0.3 is 0 Å².